The van der Waals surface area contributed by atoms with Gasteiger partial charge in [-0.05, 0) is 18.4 Å². The molecule has 1 amide bonds. The Labute approximate surface area is 101 Å². The van der Waals surface area contributed by atoms with Crippen molar-refractivity contribution in [1.82, 2.24) is 5.32 Å². The number of hydrogen-bond donors (Lipinski definition) is 1. The average Bonchev–Trinajstić information content (AvgIpc) is 2.37. The summed E-state index contributed by atoms with van der Waals surface area (Å²) in [7, 11) is 0. The second-order valence-corrected chi connectivity index (χ2v) is 3.59. The van der Waals surface area contributed by atoms with Gasteiger partial charge in [0.05, 0.1) is 0 Å². The quantitative estimate of drug-likeness (QED) is 0.736. The molecule has 0 unspecified atom stereocenters. The number of carbonyl (C=O) groups is 1. The van der Waals surface area contributed by atoms with Crippen molar-refractivity contribution in [3.05, 3.63) is 35.9 Å². The molecule has 0 saturated heterocycles. The van der Waals surface area contributed by atoms with Crippen LogP contribution in [-0.4, -0.2) is 18.9 Å². The summed E-state index contributed by atoms with van der Waals surface area (Å²) in [6, 6.07) is 9.49. The highest BCUT2D eigenvalue weighted by Gasteiger charge is 2.01. The van der Waals surface area contributed by atoms with Crippen LogP contribution in [0.1, 0.15) is 24.8 Å². The molecule has 0 saturated carbocycles. The lowest BCUT2D eigenvalue weighted by Gasteiger charge is -2.06. The zero-order valence-corrected chi connectivity index (χ0v) is 9.65. The highest BCUT2D eigenvalue weighted by Crippen LogP contribution is 2.00. The van der Waals surface area contributed by atoms with E-state index in [0.29, 0.717) is 13.0 Å². The second kappa shape index (κ2) is 8.33. The minimum atomic E-state index is -0.427. The molecule has 1 N–H and O–H groups in total. The largest absolute Gasteiger partial charge is 0.445 e. The topological polar surface area (TPSA) is 55.4 Å². The Morgan fingerprint density at radius 2 is 2.00 bits per heavy atom. The normalized spacial score (nSPS) is 9.65. The van der Waals surface area contributed by atoms with Gasteiger partial charge in [-0.2, -0.15) is 0 Å². The molecule has 91 valence electrons. The minimum absolute atomic E-state index is 0.273. The molecule has 4 nitrogen and oxygen atoms in total. The third-order valence-corrected chi connectivity index (χ3v) is 2.19. The summed E-state index contributed by atoms with van der Waals surface area (Å²) >= 11 is 0. The fourth-order valence-electron chi connectivity index (χ4n) is 1.29. The lowest BCUT2D eigenvalue weighted by molar-refractivity contribution is 0.139. The van der Waals surface area contributed by atoms with E-state index in [1.165, 1.54) is 0 Å². The zero-order chi connectivity index (χ0) is 12.3. The molecule has 4 heteroatoms. The first-order valence-corrected chi connectivity index (χ1v) is 5.62. The fraction of sp³-hybridized carbons (Fsp3) is 0.385. The number of alkyl carbamates (subject to hydrolysis) is 1. The molecule has 0 aromatic heterocycles. The second-order valence-electron chi connectivity index (χ2n) is 3.59. The summed E-state index contributed by atoms with van der Waals surface area (Å²) in [4.78, 5) is 21.2. The van der Waals surface area contributed by atoms with E-state index in [2.05, 4.69) is 5.32 Å². The van der Waals surface area contributed by atoms with Gasteiger partial charge in [0.15, 0.2) is 6.29 Å². The maximum absolute atomic E-state index is 11.2. The van der Waals surface area contributed by atoms with E-state index < -0.39 is 6.09 Å². The maximum Gasteiger partial charge on any atom is 0.407 e. The van der Waals surface area contributed by atoms with Gasteiger partial charge in [-0.15, -0.1) is 0 Å². The van der Waals surface area contributed by atoms with Gasteiger partial charge >= 0.3 is 6.09 Å². The number of carbonyl (C=O) groups excluding carboxylic acids is 2. The third kappa shape index (κ3) is 6.35. The number of nitrogens with one attached hydrogen (secondary N) is 1. The first kappa shape index (κ1) is 13.2. The monoisotopic (exact) mass is 234 g/mol. The summed E-state index contributed by atoms with van der Waals surface area (Å²) in [6.07, 6.45) is 3.30. The summed E-state index contributed by atoms with van der Waals surface area (Å²) in [5, 5.41) is 2.62. The minimum Gasteiger partial charge on any atom is -0.445 e. The van der Waals surface area contributed by atoms with Gasteiger partial charge in [0.25, 0.3) is 0 Å². The maximum atomic E-state index is 11.2. The van der Waals surface area contributed by atoms with Crippen molar-refractivity contribution in [2.45, 2.75) is 25.9 Å². The molecule has 0 atom stereocenters. The van der Waals surface area contributed by atoms with E-state index in [1.807, 2.05) is 36.6 Å². The van der Waals surface area contributed by atoms with Gasteiger partial charge in [-0.3, -0.25) is 4.79 Å². The van der Waals surface area contributed by atoms with Crippen LogP contribution < -0.4 is 5.32 Å². The van der Waals surface area contributed by atoms with Gasteiger partial charge < -0.3 is 10.1 Å². The van der Waals surface area contributed by atoms with Crippen molar-refractivity contribution in [1.29, 1.82) is 0 Å². The number of ether oxygens (including phenoxy) is 1. The average molecular weight is 234 g/mol. The Morgan fingerprint density at radius 3 is 2.71 bits per heavy atom. The van der Waals surface area contributed by atoms with Crippen LogP contribution in [0.5, 0.6) is 0 Å². The molecule has 1 radical (unpaired) electrons. The van der Waals surface area contributed by atoms with Crippen LogP contribution in [0.2, 0.25) is 0 Å². The molecule has 0 aliphatic rings. The van der Waals surface area contributed by atoms with Crippen molar-refractivity contribution < 1.29 is 14.3 Å². The molecule has 0 aliphatic carbocycles. The SMILES string of the molecule is O=[C]CCCCNC(=O)OCc1ccccc1. The molecule has 0 fully saturated rings. The molecule has 1 rings (SSSR count). The molecule has 17 heavy (non-hydrogen) atoms. The number of rotatable bonds is 7. The molecular formula is C13H16NO3. The van der Waals surface area contributed by atoms with E-state index in [0.717, 1.165) is 18.4 Å². The van der Waals surface area contributed by atoms with E-state index >= 15 is 0 Å². The summed E-state index contributed by atoms with van der Waals surface area (Å²) in [5.41, 5.74) is 0.957. The Hall–Kier alpha value is -1.84. The molecular weight excluding hydrogens is 218 g/mol. The van der Waals surface area contributed by atoms with Gasteiger partial charge in [0, 0.05) is 13.0 Å². The number of amides is 1. The lowest BCUT2D eigenvalue weighted by Crippen LogP contribution is -2.25. The van der Waals surface area contributed by atoms with Crippen molar-refractivity contribution in [2.24, 2.45) is 0 Å². The Bertz CT molecular complexity index is 338. The van der Waals surface area contributed by atoms with E-state index in [-0.39, 0.29) is 6.61 Å². The van der Waals surface area contributed by atoms with Gasteiger partial charge in [0.2, 0.25) is 0 Å². The molecule has 1 aromatic rings. The summed E-state index contributed by atoms with van der Waals surface area (Å²) in [5.74, 6) is 0. The molecule has 0 spiro atoms. The molecule has 1 aromatic carbocycles. The number of unbranched alkanes of at least 4 members (excludes halogenated alkanes) is 2. The van der Waals surface area contributed by atoms with E-state index in [4.69, 9.17) is 4.74 Å². The van der Waals surface area contributed by atoms with Gasteiger partial charge in [-0.25, -0.2) is 4.79 Å². The van der Waals surface area contributed by atoms with Crippen molar-refractivity contribution in [2.75, 3.05) is 6.54 Å². The van der Waals surface area contributed by atoms with Crippen LogP contribution in [0, 0.1) is 0 Å². The predicted molar refractivity (Wildman–Crippen MR) is 64.2 cm³/mol. The van der Waals surface area contributed by atoms with Crippen molar-refractivity contribution in [3.63, 3.8) is 0 Å². The van der Waals surface area contributed by atoms with Crippen LogP contribution >= 0.6 is 0 Å². The lowest BCUT2D eigenvalue weighted by atomic mass is 10.2. The summed E-state index contributed by atoms with van der Waals surface area (Å²) < 4.78 is 5.01. The zero-order valence-electron chi connectivity index (χ0n) is 9.65. The van der Waals surface area contributed by atoms with Crippen molar-refractivity contribution >= 4 is 12.4 Å². The van der Waals surface area contributed by atoms with Crippen molar-refractivity contribution in [3.8, 4) is 0 Å². The van der Waals surface area contributed by atoms with Crippen LogP contribution in [0.3, 0.4) is 0 Å². The van der Waals surface area contributed by atoms with Crippen LogP contribution in [-0.2, 0) is 16.1 Å². The Kier molecular flexibility index (Phi) is 6.48. The standard InChI is InChI=1S/C13H16NO3/c15-10-6-2-5-9-14-13(16)17-11-12-7-3-1-4-8-12/h1,3-4,7-8H,2,5-6,9,11H2,(H,14,16). The van der Waals surface area contributed by atoms with Crippen LogP contribution in [0.15, 0.2) is 30.3 Å². The Morgan fingerprint density at radius 1 is 1.24 bits per heavy atom. The predicted octanol–water partition coefficient (Wildman–Crippen LogP) is 2.19. The number of hydrogen-bond acceptors (Lipinski definition) is 3. The number of benzene rings is 1. The van der Waals surface area contributed by atoms with Crippen LogP contribution in [0.25, 0.3) is 0 Å². The van der Waals surface area contributed by atoms with E-state index in [1.54, 1.807) is 0 Å². The Balaban J connectivity index is 2.07. The van der Waals surface area contributed by atoms with Gasteiger partial charge in [0.1, 0.15) is 6.61 Å². The molecule has 0 bridgehead atoms. The fourth-order valence-corrected chi connectivity index (χ4v) is 1.29. The highest BCUT2D eigenvalue weighted by molar-refractivity contribution is 5.67. The molecule has 0 aliphatic heterocycles. The van der Waals surface area contributed by atoms with Crippen LogP contribution in [0.4, 0.5) is 4.79 Å². The first-order valence-electron chi connectivity index (χ1n) is 5.62. The first-order chi connectivity index (χ1) is 8.33. The highest BCUT2D eigenvalue weighted by atomic mass is 16.5. The molecule has 0 heterocycles. The third-order valence-electron chi connectivity index (χ3n) is 2.19. The summed E-state index contributed by atoms with van der Waals surface area (Å²) in [6.45, 7) is 0.796. The smallest absolute Gasteiger partial charge is 0.407 e. The van der Waals surface area contributed by atoms with Gasteiger partial charge in [-0.1, -0.05) is 30.3 Å². The van der Waals surface area contributed by atoms with E-state index in [9.17, 15) is 9.59 Å².